The SMILES string of the molecule is C=CC(=O)N1CCN(c2nc(=O)n(-c3c(C(C)C)cccc3S(C)(=O)=O)c3nc(-c4c(F)cccc4OC(=O)C(C)C)c(F)cc23)[C@@H](C)C1. The second-order valence-electron chi connectivity index (χ2n) is 12.6. The van der Waals surface area contributed by atoms with Gasteiger partial charge in [-0.25, -0.2) is 31.5 Å². The molecule has 258 valence electrons. The smallest absolute Gasteiger partial charge is 0.355 e. The van der Waals surface area contributed by atoms with Crippen LogP contribution in [-0.2, 0) is 19.4 Å². The van der Waals surface area contributed by atoms with E-state index in [1.54, 1.807) is 35.8 Å². The first-order valence-corrected chi connectivity index (χ1v) is 17.6. The molecule has 0 spiro atoms. The standard InChI is InChI=1S/C35H37F2N5O6S/c1-8-28(43)40-15-16-41(21(6)18-40)32-23-17-25(37)30(29-24(36)12-10-13-26(29)48-34(44)20(4)5)38-33(23)42(35(45)39-32)31-22(19(2)3)11-9-14-27(31)49(7,46)47/h8-14,17,19-21H,1,15-16,18H2,2-7H3/t21-/m0/s1. The zero-order valence-electron chi connectivity index (χ0n) is 28.0. The Kier molecular flexibility index (Phi) is 9.73. The van der Waals surface area contributed by atoms with Gasteiger partial charge in [0.15, 0.2) is 21.3 Å². The highest BCUT2D eigenvalue weighted by Gasteiger charge is 2.32. The Hall–Kier alpha value is -4.98. The summed E-state index contributed by atoms with van der Waals surface area (Å²) in [5, 5.41) is 0.0336. The number of carbonyl (C=O) groups excluding carboxylic acids is 2. The Morgan fingerprint density at radius 3 is 2.35 bits per heavy atom. The number of hydrogen-bond acceptors (Lipinski definition) is 9. The Morgan fingerprint density at radius 1 is 1.04 bits per heavy atom. The van der Waals surface area contributed by atoms with E-state index in [0.29, 0.717) is 5.56 Å². The molecule has 3 heterocycles. The molecular formula is C35H37F2N5O6S. The molecule has 0 aliphatic carbocycles. The molecule has 1 aliphatic heterocycles. The summed E-state index contributed by atoms with van der Waals surface area (Å²) in [6.45, 7) is 12.9. The van der Waals surface area contributed by atoms with Crippen LogP contribution in [0.5, 0.6) is 5.75 Å². The number of carbonyl (C=O) groups is 2. The van der Waals surface area contributed by atoms with Crippen LogP contribution >= 0.6 is 0 Å². The summed E-state index contributed by atoms with van der Waals surface area (Å²) in [5.74, 6) is -4.03. The highest BCUT2D eigenvalue weighted by Crippen LogP contribution is 2.38. The fourth-order valence-corrected chi connectivity index (χ4v) is 6.78. The number of fused-ring (bicyclic) bond motifs is 1. The first kappa shape index (κ1) is 35.3. The predicted molar refractivity (Wildman–Crippen MR) is 182 cm³/mol. The number of sulfone groups is 1. The largest absolute Gasteiger partial charge is 0.425 e. The summed E-state index contributed by atoms with van der Waals surface area (Å²) in [4.78, 5) is 51.2. The average molecular weight is 694 g/mol. The Balaban J connectivity index is 1.89. The van der Waals surface area contributed by atoms with Crippen LogP contribution in [0.4, 0.5) is 14.6 Å². The number of pyridine rings is 1. The molecule has 4 aromatic rings. The number of piperazine rings is 1. The van der Waals surface area contributed by atoms with Crippen molar-refractivity contribution in [3.8, 4) is 22.7 Å². The van der Waals surface area contributed by atoms with E-state index in [1.807, 2.05) is 20.8 Å². The molecule has 49 heavy (non-hydrogen) atoms. The minimum atomic E-state index is -3.95. The van der Waals surface area contributed by atoms with E-state index in [4.69, 9.17) is 4.74 Å². The molecule has 0 unspecified atom stereocenters. The summed E-state index contributed by atoms with van der Waals surface area (Å²) in [5.41, 5.74) is -1.70. The molecule has 5 rings (SSSR count). The number of nitrogens with zero attached hydrogens (tertiary/aromatic N) is 5. The van der Waals surface area contributed by atoms with Gasteiger partial charge >= 0.3 is 11.7 Å². The number of anilines is 1. The first-order valence-electron chi connectivity index (χ1n) is 15.7. The third-order valence-electron chi connectivity index (χ3n) is 8.36. The molecule has 1 aliphatic rings. The molecule has 1 saturated heterocycles. The Morgan fingerprint density at radius 2 is 1.73 bits per heavy atom. The maximum absolute atomic E-state index is 16.4. The molecule has 0 bridgehead atoms. The van der Waals surface area contributed by atoms with Gasteiger partial charge in [-0.05, 0) is 48.7 Å². The quantitative estimate of drug-likeness (QED) is 0.142. The van der Waals surface area contributed by atoms with Gasteiger partial charge in [0.2, 0.25) is 5.91 Å². The lowest BCUT2D eigenvalue weighted by molar-refractivity contribution is -0.137. The van der Waals surface area contributed by atoms with Gasteiger partial charge in [-0.3, -0.25) is 9.59 Å². The molecule has 2 aromatic carbocycles. The number of ether oxygens (including phenoxy) is 1. The van der Waals surface area contributed by atoms with E-state index < -0.39 is 56.3 Å². The first-order chi connectivity index (χ1) is 23.0. The van der Waals surface area contributed by atoms with E-state index in [1.165, 1.54) is 24.3 Å². The van der Waals surface area contributed by atoms with Gasteiger partial charge in [0, 0.05) is 31.9 Å². The van der Waals surface area contributed by atoms with Crippen molar-refractivity contribution in [2.75, 3.05) is 30.8 Å². The number of para-hydroxylation sites is 1. The minimum Gasteiger partial charge on any atom is -0.425 e. The van der Waals surface area contributed by atoms with Crippen molar-refractivity contribution in [3.05, 3.63) is 82.8 Å². The average Bonchev–Trinajstić information content (AvgIpc) is 3.03. The normalized spacial score (nSPS) is 15.3. The van der Waals surface area contributed by atoms with Crippen molar-refractivity contribution in [3.63, 3.8) is 0 Å². The van der Waals surface area contributed by atoms with Crippen molar-refractivity contribution in [2.45, 2.75) is 51.5 Å². The van der Waals surface area contributed by atoms with Crippen LogP contribution < -0.4 is 15.3 Å². The summed E-state index contributed by atoms with van der Waals surface area (Å²) >= 11 is 0. The molecule has 0 saturated carbocycles. The number of rotatable bonds is 8. The highest BCUT2D eigenvalue weighted by molar-refractivity contribution is 7.90. The van der Waals surface area contributed by atoms with E-state index in [0.717, 1.165) is 23.0 Å². The van der Waals surface area contributed by atoms with Crippen LogP contribution in [0.25, 0.3) is 28.0 Å². The molecule has 1 fully saturated rings. The van der Waals surface area contributed by atoms with Crippen molar-refractivity contribution in [1.82, 2.24) is 19.4 Å². The maximum Gasteiger partial charge on any atom is 0.355 e. The number of halogens is 2. The zero-order valence-corrected chi connectivity index (χ0v) is 28.8. The van der Waals surface area contributed by atoms with Gasteiger partial charge in [-0.1, -0.05) is 52.5 Å². The monoisotopic (exact) mass is 693 g/mol. The lowest BCUT2D eigenvalue weighted by Gasteiger charge is -2.40. The van der Waals surface area contributed by atoms with Gasteiger partial charge in [-0.15, -0.1) is 0 Å². The Labute approximate surface area is 282 Å². The lowest BCUT2D eigenvalue weighted by atomic mass is 10.0. The van der Waals surface area contributed by atoms with Crippen LogP contribution in [0.3, 0.4) is 0 Å². The summed E-state index contributed by atoms with van der Waals surface area (Å²) in [6.07, 6.45) is 2.21. The number of hydrogen-bond donors (Lipinski definition) is 0. The molecule has 1 amide bonds. The topological polar surface area (TPSA) is 132 Å². The van der Waals surface area contributed by atoms with Crippen molar-refractivity contribution in [2.24, 2.45) is 5.92 Å². The second-order valence-corrected chi connectivity index (χ2v) is 14.6. The second kappa shape index (κ2) is 13.5. The molecule has 0 N–H and O–H groups in total. The summed E-state index contributed by atoms with van der Waals surface area (Å²) < 4.78 is 64.7. The van der Waals surface area contributed by atoms with Crippen LogP contribution in [0.1, 0.15) is 46.1 Å². The van der Waals surface area contributed by atoms with Gasteiger partial charge in [0.1, 0.15) is 23.1 Å². The van der Waals surface area contributed by atoms with E-state index in [9.17, 15) is 22.8 Å². The number of amides is 1. The maximum atomic E-state index is 16.4. The molecule has 14 heteroatoms. The minimum absolute atomic E-state index is 0.0199. The van der Waals surface area contributed by atoms with Crippen molar-refractivity contribution in [1.29, 1.82) is 0 Å². The predicted octanol–water partition coefficient (Wildman–Crippen LogP) is 5.04. The third kappa shape index (κ3) is 6.69. The van der Waals surface area contributed by atoms with Gasteiger partial charge in [0.05, 0.1) is 27.5 Å². The van der Waals surface area contributed by atoms with Gasteiger partial charge in [0.25, 0.3) is 0 Å². The van der Waals surface area contributed by atoms with Crippen LogP contribution in [-0.4, -0.2) is 71.7 Å². The van der Waals surface area contributed by atoms with E-state index in [-0.39, 0.29) is 64.6 Å². The van der Waals surface area contributed by atoms with Gasteiger partial charge in [-0.2, -0.15) is 4.98 Å². The van der Waals surface area contributed by atoms with Crippen LogP contribution in [0.2, 0.25) is 0 Å². The lowest BCUT2D eigenvalue weighted by Crippen LogP contribution is -2.54. The van der Waals surface area contributed by atoms with Crippen molar-refractivity contribution >= 4 is 38.6 Å². The number of benzene rings is 2. The van der Waals surface area contributed by atoms with E-state index in [2.05, 4.69) is 16.5 Å². The molecule has 1 atom stereocenters. The highest BCUT2D eigenvalue weighted by atomic mass is 32.2. The number of esters is 1. The molecular weight excluding hydrogens is 656 g/mol. The van der Waals surface area contributed by atoms with Crippen LogP contribution in [0.15, 0.2) is 64.8 Å². The summed E-state index contributed by atoms with van der Waals surface area (Å²) in [7, 11) is -3.95. The summed E-state index contributed by atoms with van der Waals surface area (Å²) in [6, 6.07) is 8.90. The molecule has 11 nitrogen and oxygen atoms in total. The van der Waals surface area contributed by atoms with E-state index >= 15 is 8.78 Å². The third-order valence-corrected chi connectivity index (χ3v) is 9.49. The fraction of sp³-hybridized carbons (Fsp3) is 0.343. The fourth-order valence-electron chi connectivity index (χ4n) is 5.89. The number of aromatic nitrogens is 3. The molecule has 2 aromatic heterocycles. The Bertz CT molecular complexity index is 2170. The zero-order chi connectivity index (χ0) is 35.9. The van der Waals surface area contributed by atoms with Crippen molar-refractivity contribution < 1.29 is 31.5 Å². The van der Waals surface area contributed by atoms with Gasteiger partial charge < -0.3 is 14.5 Å². The van der Waals surface area contributed by atoms with Crippen LogP contribution in [0, 0.1) is 17.6 Å². The molecule has 0 radical (unpaired) electrons.